The third-order valence-electron chi connectivity index (χ3n) is 3.27. The number of rotatable bonds is 4. The van der Waals surface area contributed by atoms with Crippen molar-refractivity contribution in [2.45, 2.75) is 6.54 Å². The lowest BCUT2D eigenvalue weighted by atomic mass is 10.2. The quantitative estimate of drug-likeness (QED) is 0.901. The molecule has 1 aliphatic rings. The molecule has 0 spiro atoms. The minimum atomic E-state index is 0.191. The number of piperazine rings is 1. The first kappa shape index (κ1) is 14.3. The Morgan fingerprint density at radius 1 is 1.37 bits per heavy atom. The van der Waals surface area contributed by atoms with Crippen molar-refractivity contribution in [2.75, 3.05) is 39.8 Å². The molecule has 0 radical (unpaired) electrons. The zero-order valence-corrected chi connectivity index (χ0v) is 12.0. The Hall–Kier alpha value is -1.10. The maximum atomic E-state index is 12.1. The second kappa shape index (κ2) is 6.89. The highest BCUT2D eigenvalue weighted by molar-refractivity contribution is 6.31. The summed E-state index contributed by atoms with van der Waals surface area (Å²) >= 11 is 6.12. The molecule has 1 amide bonds. The second-order valence-electron chi connectivity index (χ2n) is 4.89. The van der Waals surface area contributed by atoms with Gasteiger partial charge in [0, 0.05) is 37.7 Å². The monoisotopic (exact) mass is 281 g/mol. The lowest BCUT2D eigenvalue weighted by Crippen LogP contribution is -2.49. The van der Waals surface area contributed by atoms with E-state index in [4.69, 9.17) is 11.6 Å². The van der Waals surface area contributed by atoms with Crippen molar-refractivity contribution in [3.63, 3.8) is 0 Å². The average Bonchev–Trinajstić information content (AvgIpc) is 2.42. The van der Waals surface area contributed by atoms with Crippen molar-refractivity contribution in [1.82, 2.24) is 15.1 Å². The van der Waals surface area contributed by atoms with E-state index in [1.165, 1.54) is 0 Å². The van der Waals surface area contributed by atoms with E-state index in [9.17, 15) is 4.79 Å². The van der Waals surface area contributed by atoms with Gasteiger partial charge in [0.05, 0.1) is 6.54 Å². The maximum Gasteiger partial charge on any atom is 0.236 e. The highest BCUT2D eigenvalue weighted by Crippen LogP contribution is 2.16. The number of hydrogen-bond donors (Lipinski definition) is 1. The van der Waals surface area contributed by atoms with Gasteiger partial charge in [-0.25, -0.2) is 0 Å². The van der Waals surface area contributed by atoms with Gasteiger partial charge in [-0.2, -0.15) is 0 Å². The van der Waals surface area contributed by atoms with Crippen LogP contribution in [-0.2, 0) is 11.3 Å². The molecular weight excluding hydrogens is 262 g/mol. The Morgan fingerprint density at radius 2 is 2.05 bits per heavy atom. The van der Waals surface area contributed by atoms with E-state index in [2.05, 4.69) is 5.32 Å². The molecule has 0 bridgehead atoms. The summed E-state index contributed by atoms with van der Waals surface area (Å²) < 4.78 is 0. The number of carbonyl (C=O) groups is 1. The molecule has 1 N–H and O–H groups in total. The molecule has 1 aromatic rings. The van der Waals surface area contributed by atoms with Crippen LogP contribution in [0.3, 0.4) is 0 Å². The molecular formula is C14H20ClN3O. The summed E-state index contributed by atoms with van der Waals surface area (Å²) in [5, 5.41) is 4.00. The fourth-order valence-corrected chi connectivity index (χ4v) is 2.41. The van der Waals surface area contributed by atoms with Crippen LogP contribution >= 0.6 is 11.6 Å². The van der Waals surface area contributed by atoms with Gasteiger partial charge in [0.2, 0.25) is 5.91 Å². The molecule has 1 saturated heterocycles. The molecule has 1 heterocycles. The van der Waals surface area contributed by atoms with Crippen LogP contribution < -0.4 is 5.32 Å². The molecule has 0 atom stereocenters. The maximum absolute atomic E-state index is 12.1. The fraction of sp³-hybridized carbons (Fsp3) is 0.500. The fourth-order valence-electron chi connectivity index (χ4n) is 2.22. The highest BCUT2D eigenvalue weighted by atomic mass is 35.5. The van der Waals surface area contributed by atoms with E-state index >= 15 is 0 Å². The van der Waals surface area contributed by atoms with Crippen LogP contribution in [0.2, 0.25) is 5.02 Å². The molecule has 0 saturated carbocycles. The number of carbonyl (C=O) groups excluding carboxylic acids is 1. The number of amides is 1. The SMILES string of the molecule is CN(CC(=O)N1CCNCC1)Cc1ccccc1Cl. The van der Waals surface area contributed by atoms with Crippen LogP contribution in [0.5, 0.6) is 0 Å². The van der Waals surface area contributed by atoms with Crippen molar-refractivity contribution >= 4 is 17.5 Å². The molecule has 0 aromatic heterocycles. The van der Waals surface area contributed by atoms with Crippen LogP contribution in [0.15, 0.2) is 24.3 Å². The molecule has 0 unspecified atom stereocenters. The predicted molar refractivity (Wildman–Crippen MR) is 77.2 cm³/mol. The number of likely N-dealkylation sites (N-methyl/N-ethyl adjacent to an activating group) is 1. The van der Waals surface area contributed by atoms with Gasteiger partial charge in [-0.15, -0.1) is 0 Å². The van der Waals surface area contributed by atoms with Gasteiger partial charge in [-0.3, -0.25) is 9.69 Å². The third-order valence-corrected chi connectivity index (χ3v) is 3.64. The van der Waals surface area contributed by atoms with E-state index in [1.807, 2.05) is 41.1 Å². The van der Waals surface area contributed by atoms with Gasteiger partial charge in [0.15, 0.2) is 0 Å². The zero-order chi connectivity index (χ0) is 13.7. The standard InChI is InChI=1S/C14H20ClN3O/c1-17(10-12-4-2-3-5-13(12)15)11-14(19)18-8-6-16-7-9-18/h2-5,16H,6-11H2,1H3. The molecule has 5 heteroatoms. The van der Waals surface area contributed by atoms with Gasteiger partial charge in [-0.1, -0.05) is 29.8 Å². The Morgan fingerprint density at radius 3 is 2.74 bits per heavy atom. The van der Waals surface area contributed by atoms with Crippen molar-refractivity contribution in [1.29, 1.82) is 0 Å². The normalized spacial score (nSPS) is 15.8. The number of nitrogens with one attached hydrogen (secondary N) is 1. The molecule has 2 rings (SSSR count). The van der Waals surface area contributed by atoms with E-state index in [0.29, 0.717) is 13.1 Å². The summed E-state index contributed by atoms with van der Waals surface area (Å²) in [5.74, 6) is 0.191. The number of benzene rings is 1. The average molecular weight is 282 g/mol. The molecule has 1 aliphatic heterocycles. The van der Waals surface area contributed by atoms with Gasteiger partial charge < -0.3 is 10.2 Å². The first-order valence-corrected chi connectivity index (χ1v) is 6.95. The topological polar surface area (TPSA) is 35.6 Å². The van der Waals surface area contributed by atoms with E-state index in [1.54, 1.807) is 0 Å². The lowest BCUT2D eigenvalue weighted by molar-refractivity contribution is -0.132. The zero-order valence-electron chi connectivity index (χ0n) is 11.2. The van der Waals surface area contributed by atoms with Gasteiger partial charge in [-0.05, 0) is 18.7 Å². The number of hydrogen-bond acceptors (Lipinski definition) is 3. The highest BCUT2D eigenvalue weighted by Gasteiger charge is 2.17. The minimum absolute atomic E-state index is 0.191. The second-order valence-corrected chi connectivity index (χ2v) is 5.30. The Kier molecular flexibility index (Phi) is 5.19. The summed E-state index contributed by atoms with van der Waals surface area (Å²) in [4.78, 5) is 16.0. The molecule has 4 nitrogen and oxygen atoms in total. The third kappa shape index (κ3) is 4.20. The van der Waals surface area contributed by atoms with Crippen molar-refractivity contribution < 1.29 is 4.79 Å². The number of nitrogens with zero attached hydrogens (tertiary/aromatic N) is 2. The Balaban J connectivity index is 1.85. The van der Waals surface area contributed by atoms with Crippen LogP contribution in [0.1, 0.15) is 5.56 Å². The molecule has 19 heavy (non-hydrogen) atoms. The molecule has 104 valence electrons. The summed E-state index contributed by atoms with van der Waals surface area (Å²) in [6, 6.07) is 7.75. The Bertz CT molecular complexity index is 432. The first-order valence-electron chi connectivity index (χ1n) is 6.57. The van der Waals surface area contributed by atoms with E-state index in [0.717, 1.165) is 36.8 Å². The molecule has 1 aromatic carbocycles. The summed E-state index contributed by atoms with van der Waals surface area (Å²) in [5.41, 5.74) is 1.06. The number of halogens is 1. The van der Waals surface area contributed by atoms with Crippen LogP contribution in [0.25, 0.3) is 0 Å². The molecule has 0 aliphatic carbocycles. The van der Waals surface area contributed by atoms with E-state index in [-0.39, 0.29) is 5.91 Å². The van der Waals surface area contributed by atoms with Gasteiger partial charge in [0.1, 0.15) is 0 Å². The Labute approximate surface area is 119 Å². The minimum Gasteiger partial charge on any atom is -0.339 e. The first-order chi connectivity index (χ1) is 9.16. The van der Waals surface area contributed by atoms with Crippen LogP contribution in [0, 0.1) is 0 Å². The summed E-state index contributed by atoms with van der Waals surface area (Å²) in [6.45, 7) is 4.51. The van der Waals surface area contributed by atoms with Gasteiger partial charge in [0.25, 0.3) is 0 Å². The van der Waals surface area contributed by atoms with Crippen LogP contribution in [0.4, 0.5) is 0 Å². The lowest BCUT2D eigenvalue weighted by Gasteiger charge is -2.29. The molecule has 1 fully saturated rings. The van der Waals surface area contributed by atoms with Crippen molar-refractivity contribution in [3.8, 4) is 0 Å². The summed E-state index contributed by atoms with van der Waals surface area (Å²) in [6.07, 6.45) is 0. The summed E-state index contributed by atoms with van der Waals surface area (Å²) in [7, 11) is 1.95. The van der Waals surface area contributed by atoms with Crippen molar-refractivity contribution in [2.24, 2.45) is 0 Å². The van der Waals surface area contributed by atoms with Crippen molar-refractivity contribution in [3.05, 3.63) is 34.9 Å². The van der Waals surface area contributed by atoms with Gasteiger partial charge >= 0.3 is 0 Å². The van der Waals surface area contributed by atoms with E-state index < -0.39 is 0 Å². The van der Waals surface area contributed by atoms with Crippen LogP contribution in [-0.4, -0.2) is 55.5 Å². The predicted octanol–water partition coefficient (Wildman–Crippen LogP) is 1.20. The smallest absolute Gasteiger partial charge is 0.236 e. The largest absolute Gasteiger partial charge is 0.339 e.